The molecule has 0 saturated carbocycles. The van der Waals surface area contributed by atoms with Crippen molar-refractivity contribution in [3.63, 3.8) is 0 Å². The van der Waals surface area contributed by atoms with Gasteiger partial charge in [0.1, 0.15) is 11.7 Å². The van der Waals surface area contributed by atoms with Crippen LogP contribution in [0.25, 0.3) is 0 Å². The fraction of sp³-hybridized carbons (Fsp3) is 0.417. The molecule has 0 aromatic heterocycles. The largest absolute Gasteiger partial charge is 0.368 e. The van der Waals surface area contributed by atoms with Crippen molar-refractivity contribution < 1.29 is 18.1 Å². The average Bonchev–Trinajstić information content (AvgIpc) is 2.45. The number of hydrogen-bond acceptors (Lipinski definition) is 7. The molecule has 1 amide bonds. The van der Waals surface area contributed by atoms with E-state index in [0.29, 0.717) is 13.1 Å². The monoisotopic (exact) mass is 328 g/mol. The number of rotatable bonds is 4. The first kappa shape index (κ1) is 16.2. The highest BCUT2D eigenvalue weighted by atomic mass is 32.2. The zero-order valence-electron chi connectivity index (χ0n) is 11.9. The standard InChI is InChI=1S/C12H16N4O5S/c1-22(20,21)8-2-3-10(11(6-8)16(18)19)15-5-4-14-9(7-15)12(13)17/h2-3,6,9,14H,4-5,7H2,1H3,(H2,13,17)/t9-/m0/s1. The summed E-state index contributed by atoms with van der Waals surface area (Å²) >= 11 is 0. The highest BCUT2D eigenvalue weighted by Crippen LogP contribution is 2.31. The number of hydrogen-bond donors (Lipinski definition) is 2. The van der Waals surface area contributed by atoms with E-state index in [1.54, 1.807) is 4.90 Å². The van der Waals surface area contributed by atoms with Crippen LogP contribution in [-0.2, 0) is 14.6 Å². The maximum Gasteiger partial charge on any atom is 0.293 e. The van der Waals surface area contributed by atoms with Crippen molar-refractivity contribution in [2.45, 2.75) is 10.9 Å². The highest BCUT2D eigenvalue weighted by Gasteiger charge is 2.28. The molecule has 0 unspecified atom stereocenters. The van der Waals surface area contributed by atoms with Crippen LogP contribution in [0, 0.1) is 10.1 Å². The minimum atomic E-state index is -3.54. The molecule has 9 nitrogen and oxygen atoms in total. The molecular weight excluding hydrogens is 312 g/mol. The number of carbonyl (C=O) groups excluding carboxylic acids is 1. The third-order valence-corrected chi connectivity index (χ3v) is 4.54. The number of carbonyl (C=O) groups is 1. The lowest BCUT2D eigenvalue weighted by Gasteiger charge is -2.33. The molecule has 0 aliphatic carbocycles. The average molecular weight is 328 g/mol. The quantitative estimate of drug-likeness (QED) is 0.549. The van der Waals surface area contributed by atoms with E-state index in [1.165, 1.54) is 12.1 Å². The van der Waals surface area contributed by atoms with E-state index in [4.69, 9.17) is 5.73 Å². The van der Waals surface area contributed by atoms with Gasteiger partial charge in [0.2, 0.25) is 5.91 Å². The number of nitrogens with zero attached hydrogens (tertiary/aromatic N) is 2. The van der Waals surface area contributed by atoms with Gasteiger partial charge in [-0.15, -0.1) is 0 Å². The van der Waals surface area contributed by atoms with Crippen LogP contribution in [0.5, 0.6) is 0 Å². The normalized spacial score (nSPS) is 19.0. The molecule has 1 aliphatic rings. The van der Waals surface area contributed by atoms with Crippen molar-refractivity contribution in [2.75, 3.05) is 30.8 Å². The molecule has 3 N–H and O–H groups in total. The third-order valence-electron chi connectivity index (χ3n) is 3.43. The van der Waals surface area contributed by atoms with E-state index in [2.05, 4.69) is 5.32 Å². The molecule has 0 spiro atoms. The van der Waals surface area contributed by atoms with E-state index in [1.807, 2.05) is 0 Å². The fourth-order valence-electron chi connectivity index (χ4n) is 2.31. The number of nitro groups is 1. The summed E-state index contributed by atoms with van der Waals surface area (Å²) in [5.41, 5.74) is 5.20. The Kier molecular flexibility index (Phi) is 4.33. The molecule has 1 saturated heterocycles. The van der Waals surface area contributed by atoms with Gasteiger partial charge in [-0.2, -0.15) is 0 Å². The molecule has 0 radical (unpaired) electrons. The lowest BCUT2D eigenvalue weighted by molar-refractivity contribution is -0.384. The number of primary amides is 1. The van der Waals surface area contributed by atoms with Gasteiger partial charge in [0.25, 0.3) is 5.69 Å². The fourth-order valence-corrected chi connectivity index (χ4v) is 2.95. The Balaban J connectivity index is 2.42. The molecule has 1 aliphatic heterocycles. The topological polar surface area (TPSA) is 136 Å². The van der Waals surface area contributed by atoms with Gasteiger partial charge >= 0.3 is 0 Å². The maximum absolute atomic E-state index is 11.5. The van der Waals surface area contributed by atoms with Crippen molar-refractivity contribution >= 4 is 27.1 Å². The third kappa shape index (κ3) is 3.34. The predicted octanol–water partition coefficient (Wildman–Crippen LogP) is -0.738. The lowest BCUT2D eigenvalue weighted by atomic mass is 10.1. The number of amides is 1. The van der Waals surface area contributed by atoms with Crippen molar-refractivity contribution in [2.24, 2.45) is 5.73 Å². The van der Waals surface area contributed by atoms with Gasteiger partial charge in [0.15, 0.2) is 9.84 Å². The van der Waals surface area contributed by atoms with Gasteiger partial charge in [-0.3, -0.25) is 14.9 Å². The number of benzene rings is 1. The zero-order chi connectivity index (χ0) is 16.5. The van der Waals surface area contributed by atoms with Crippen LogP contribution in [-0.4, -0.2) is 51.2 Å². The number of sulfone groups is 1. The highest BCUT2D eigenvalue weighted by molar-refractivity contribution is 7.90. The first-order chi connectivity index (χ1) is 10.2. The summed E-state index contributed by atoms with van der Waals surface area (Å²) in [7, 11) is -3.54. The van der Waals surface area contributed by atoms with Gasteiger partial charge in [-0.25, -0.2) is 8.42 Å². The number of nitro benzene ring substituents is 1. The molecule has 120 valence electrons. The molecule has 1 fully saturated rings. The maximum atomic E-state index is 11.5. The summed E-state index contributed by atoms with van der Waals surface area (Å²) in [4.78, 5) is 23.4. The molecule has 22 heavy (non-hydrogen) atoms. The molecule has 10 heteroatoms. The molecule has 1 aromatic carbocycles. The van der Waals surface area contributed by atoms with E-state index in [-0.39, 0.29) is 22.8 Å². The van der Waals surface area contributed by atoms with Crippen molar-refractivity contribution in [3.05, 3.63) is 28.3 Å². The SMILES string of the molecule is CS(=O)(=O)c1ccc(N2CCN[C@H](C(N)=O)C2)c([N+](=O)[O-])c1. The zero-order valence-corrected chi connectivity index (χ0v) is 12.7. The van der Waals surface area contributed by atoms with Crippen LogP contribution in [0.4, 0.5) is 11.4 Å². The summed E-state index contributed by atoms with van der Waals surface area (Å²) in [6.07, 6.45) is 0.986. The second-order valence-corrected chi connectivity index (χ2v) is 7.05. The molecular formula is C12H16N4O5S. The van der Waals surface area contributed by atoms with Crippen molar-refractivity contribution in [3.8, 4) is 0 Å². The Morgan fingerprint density at radius 2 is 2.18 bits per heavy atom. The summed E-state index contributed by atoms with van der Waals surface area (Å²) in [6.45, 7) is 1.08. The molecule has 0 bridgehead atoms. The lowest BCUT2D eigenvalue weighted by Crippen LogP contribution is -2.56. The first-order valence-electron chi connectivity index (χ1n) is 6.46. The van der Waals surface area contributed by atoms with E-state index >= 15 is 0 Å². The van der Waals surface area contributed by atoms with Crippen LogP contribution in [0.15, 0.2) is 23.1 Å². The van der Waals surface area contributed by atoms with Gasteiger partial charge in [0, 0.05) is 32.0 Å². The van der Waals surface area contributed by atoms with Crippen LogP contribution >= 0.6 is 0 Å². The van der Waals surface area contributed by atoms with E-state index < -0.39 is 26.7 Å². The van der Waals surface area contributed by atoms with Crippen LogP contribution in [0.3, 0.4) is 0 Å². The van der Waals surface area contributed by atoms with Crippen LogP contribution in [0.2, 0.25) is 0 Å². The first-order valence-corrected chi connectivity index (χ1v) is 8.35. The summed E-state index contributed by atoms with van der Waals surface area (Å²) in [6, 6.07) is 3.13. The Bertz CT molecular complexity index is 718. The number of anilines is 1. The van der Waals surface area contributed by atoms with Crippen molar-refractivity contribution in [1.82, 2.24) is 5.32 Å². The predicted molar refractivity (Wildman–Crippen MR) is 79.4 cm³/mol. The second-order valence-electron chi connectivity index (χ2n) is 5.03. The molecule has 1 atom stereocenters. The summed E-state index contributed by atoms with van der Waals surface area (Å²) in [5.74, 6) is -0.542. The van der Waals surface area contributed by atoms with Gasteiger partial charge in [-0.05, 0) is 12.1 Å². The smallest absolute Gasteiger partial charge is 0.293 e. The Labute approximate surface area is 127 Å². The van der Waals surface area contributed by atoms with E-state index in [0.717, 1.165) is 12.3 Å². The van der Waals surface area contributed by atoms with Gasteiger partial charge in [0.05, 0.1) is 9.82 Å². The Morgan fingerprint density at radius 1 is 1.50 bits per heavy atom. The Hall–Kier alpha value is -2.20. The Morgan fingerprint density at radius 3 is 2.73 bits per heavy atom. The molecule has 1 aromatic rings. The van der Waals surface area contributed by atoms with Crippen LogP contribution < -0.4 is 16.0 Å². The number of piperazine rings is 1. The summed E-state index contributed by atoms with van der Waals surface area (Å²) < 4.78 is 23.1. The minimum absolute atomic E-state index is 0.121. The summed E-state index contributed by atoms with van der Waals surface area (Å²) in [5, 5.41) is 14.2. The van der Waals surface area contributed by atoms with Gasteiger partial charge < -0.3 is 16.0 Å². The molecule has 2 rings (SSSR count). The van der Waals surface area contributed by atoms with Crippen LogP contribution in [0.1, 0.15) is 0 Å². The number of nitrogens with one attached hydrogen (secondary N) is 1. The van der Waals surface area contributed by atoms with Crippen molar-refractivity contribution in [1.29, 1.82) is 0 Å². The molecule has 1 heterocycles. The van der Waals surface area contributed by atoms with E-state index in [9.17, 15) is 23.3 Å². The minimum Gasteiger partial charge on any atom is -0.368 e. The number of nitrogens with two attached hydrogens (primary N) is 1. The second kappa shape index (κ2) is 5.89. The van der Waals surface area contributed by atoms with Gasteiger partial charge in [-0.1, -0.05) is 0 Å².